The summed E-state index contributed by atoms with van der Waals surface area (Å²) in [6, 6.07) is 8.62. The van der Waals surface area contributed by atoms with Crippen molar-refractivity contribution in [2.45, 2.75) is 25.7 Å². The molecule has 0 bridgehead atoms. The number of carbonyl (C=O) groups is 1. The summed E-state index contributed by atoms with van der Waals surface area (Å²) in [5.41, 5.74) is 2.45. The van der Waals surface area contributed by atoms with Crippen LogP contribution >= 0.6 is 0 Å². The number of benzene rings is 1. The predicted octanol–water partition coefficient (Wildman–Crippen LogP) is 1.57. The molecule has 5 nitrogen and oxygen atoms in total. The van der Waals surface area contributed by atoms with E-state index in [1.807, 2.05) is 0 Å². The minimum Gasteiger partial charge on any atom is -0.384 e. The number of para-hydroxylation sites is 1. The van der Waals surface area contributed by atoms with E-state index in [9.17, 15) is 4.79 Å². The first-order valence-corrected chi connectivity index (χ1v) is 9.06. The van der Waals surface area contributed by atoms with Crippen LogP contribution in [0.15, 0.2) is 24.3 Å². The van der Waals surface area contributed by atoms with Crippen molar-refractivity contribution in [3.8, 4) is 0 Å². The standard InChI is InChI=1S/C19H29N3O2/c1-24-15-19(8-11-20-12-9-19)18(23)21-10-4-13-22-14-7-16-5-2-3-6-17(16)22/h2-3,5-6,20H,4,7-15H2,1H3,(H,21,23). The molecule has 1 amide bonds. The zero-order valence-corrected chi connectivity index (χ0v) is 14.6. The van der Waals surface area contributed by atoms with E-state index in [1.165, 1.54) is 11.3 Å². The van der Waals surface area contributed by atoms with E-state index in [0.29, 0.717) is 6.61 Å². The fourth-order valence-corrected chi connectivity index (χ4v) is 3.92. The van der Waals surface area contributed by atoms with Crippen LogP contribution in [0.25, 0.3) is 0 Å². The number of piperidine rings is 1. The monoisotopic (exact) mass is 331 g/mol. The number of hydrogen-bond donors (Lipinski definition) is 2. The van der Waals surface area contributed by atoms with Gasteiger partial charge in [-0.3, -0.25) is 4.79 Å². The van der Waals surface area contributed by atoms with Gasteiger partial charge in [0.15, 0.2) is 0 Å². The van der Waals surface area contributed by atoms with Crippen molar-refractivity contribution in [3.05, 3.63) is 29.8 Å². The molecule has 1 fully saturated rings. The maximum atomic E-state index is 12.7. The second-order valence-corrected chi connectivity index (χ2v) is 6.94. The van der Waals surface area contributed by atoms with E-state index in [4.69, 9.17) is 4.74 Å². The average Bonchev–Trinajstić information content (AvgIpc) is 3.03. The molecule has 0 spiro atoms. The molecule has 2 N–H and O–H groups in total. The van der Waals surface area contributed by atoms with Gasteiger partial charge in [0.2, 0.25) is 5.91 Å². The first-order chi connectivity index (χ1) is 11.7. The quantitative estimate of drug-likeness (QED) is 0.745. The Balaban J connectivity index is 1.45. The third-order valence-electron chi connectivity index (χ3n) is 5.34. The van der Waals surface area contributed by atoms with Gasteiger partial charge in [0.25, 0.3) is 0 Å². The van der Waals surface area contributed by atoms with Crippen molar-refractivity contribution in [2.24, 2.45) is 5.41 Å². The Kier molecular flexibility index (Phi) is 5.74. The van der Waals surface area contributed by atoms with Crippen LogP contribution < -0.4 is 15.5 Å². The molecule has 0 unspecified atom stereocenters. The van der Waals surface area contributed by atoms with Crippen molar-refractivity contribution < 1.29 is 9.53 Å². The van der Waals surface area contributed by atoms with Crippen LogP contribution in [0.4, 0.5) is 5.69 Å². The van der Waals surface area contributed by atoms with Gasteiger partial charge < -0.3 is 20.3 Å². The lowest BCUT2D eigenvalue weighted by Gasteiger charge is -2.35. The van der Waals surface area contributed by atoms with Gasteiger partial charge in [-0.05, 0) is 50.4 Å². The number of rotatable bonds is 7. The van der Waals surface area contributed by atoms with E-state index < -0.39 is 0 Å². The van der Waals surface area contributed by atoms with Crippen molar-refractivity contribution in [1.29, 1.82) is 0 Å². The highest BCUT2D eigenvalue weighted by Gasteiger charge is 2.39. The lowest BCUT2D eigenvalue weighted by Crippen LogP contribution is -2.50. The second-order valence-electron chi connectivity index (χ2n) is 6.94. The van der Waals surface area contributed by atoms with Gasteiger partial charge in [0, 0.05) is 32.4 Å². The number of methoxy groups -OCH3 is 1. The molecular weight excluding hydrogens is 302 g/mol. The van der Waals surface area contributed by atoms with Gasteiger partial charge in [-0.2, -0.15) is 0 Å². The molecule has 0 atom stereocenters. The van der Waals surface area contributed by atoms with Crippen molar-refractivity contribution in [1.82, 2.24) is 10.6 Å². The third kappa shape index (κ3) is 3.73. The van der Waals surface area contributed by atoms with E-state index in [2.05, 4.69) is 39.8 Å². The van der Waals surface area contributed by atoms with Crippen LogP contribution in [-0.4, -0.2) is 52.3 Å². The average molecular weight is 331 g/mol. The molecule has 2 aliphatic heterocycles. The van der Waals surface area contributed by atoms with Crippen LogP contribution in [0.5, 0.6) is 0 Å². The Morgan fingerprint density at radius 3 is 2.92 bits per heavy atom. The summed E-state index contributed by atoms with van der Waals surface area (Å²) in [6.45, 7) is 5.11. The Labute approximate surface area is 144 Å². The molecule has 132 valence electrons. The molecule has 0 radical (unpaired) electrons. The number of ether oxygens (including phenoxy) is 1. The molecule has 0 saturated carbocycles. The summed E-state index contributed by atoms with van der Waals surface area (Å²) in [6.07, 6.45) is 3.81. The maximum absolute atomic E-state index is 12.7. The van der Waals surface area contributed by atoms with E-state index in [1.54, 1.807) is 7.11 Å². The summed E-state index contributed by atoms with van der Waals surface area (Å²) in [5, 5.41) is 6.48. The zero-order chi connectivity index (χ0) is 16.8. The van der Waals surface area contributed by atoms with Crippen LogP contribution in [0.3, 0.4) is 0 Å². The SMILES string of the molecule is COCC1(C(=O)NCCCN2CCc3ccccc32)CCNCC1. The van der Waals surface area contributed by atoms with Crippen LogP contribution in [-0.2, 0) is 16.0 Å². The van der Waals surface area contributed by atoms with Gasteiger partial charge in [0.1, 0.15) is 0 Å². The number of nitrogens with zero attached hydrogens (tertiary/aromatic N) is 1. The topological polar surface area (TPSA) is 53.6 Å². The van der Waals surface area contributed by atoms with E-state index in [-0.39, 0.29) is 11.3 Å². The molecule has 1 saturated heterocycles. The van der Waals surface area contributed by atoms with Gasteiger partial charge >= 0.3 is 0 Å². The molecule has 24 heavy (non-hydrogen) atoms. The zero-order valence-electron chi connectivity index (χ0n) is 14.6. The molecule has 0 aliphatic carbocycles. The number of hydrogen-bond acceptors (Lipinski definition) is 4. The fourth-order valence-electron chi connectivity index (χ4n) is 3.92. The Morgan fingerprint density at radius 1 is 1.33 bits per heavy atom. The highest BCUT2D eigenvalue weighted by molar-refractivity contribution is 5.83. The summed E-state index contributed by atoms with van der Waals surface area (Å²) in [4.78, 5) is 15.1. The first-order valence-electron chi connectivity index (χ1n) is 9.06. The van der Waals surface area contributed by atoms with Gasteiger partial charge in [0.05, 0.1) is 12.0 Å². The Morgan fingerprint density at radius 2 is 2.12 bits per heavy atom. The van der Waals surface area contributed by atoms with Crippen molar-refractivity contribution in [3.63, 3.8) is 0 Å². The highest BCUT2D eigenvalue weighted by Crippen LogP contribution is 2.29. The molecule has 1 aromatic rings. The van der Waals surface area contributed by atoms with Gasteiger partial charge in [-0.15, -0.1) is 0 Å². The van der Waals surface area contributed by atoms with Crippen LogP contribution in [0.1, 0.15) is 24.8 Å². The maximum Gasteiger partial charge on any atom is 0.228 e. The predicted molar refractivity (Wildman–Crippen MR) is 96.4 cm³/mol. The first kappa shape index (κ1) is 17.2. The van der Waals surface area contributed by atoms with E-state index >= 15 is 0 Å². The lowest BCUT2D eigenvalue weighted by molar-refractivity contribution is -0.136. The summed E-state index contributed by atoms with van der Waals surface area (Å²) < 4.78 is 5.34. The summed E-state index contributed by atoms with van der Waals surface area (Å²) in [5.74, 6) is 0.160. The minimum atomic E-state index is -0.347. The Hall–Kier alpha value is -1.59. The molecule has 2 heterocycles. The molecule has 0 aromatic heterocycles. The number of carbonyl (C=O) groups excluding carboxylic acids is 1. The van der Waals surface area contributed by atoms with Crippen molar-refractivity contribution in [2.75, 3.05) is 51.3 Å². The van der Waals surface area contributed by atoms with Gasteiger partial charge in [-0.25, -0.2) is 0 Å². The number of nitrogens with one attached hydrogen (secondary N) is 2. The third-order valence-corrected chi connectivity index (χ3v) is 5.34. The van der Waals surface area contributed by atoms with Crippen molar-refractivity contribution >= 4 is 11.6 Å². The summed E-state index contributed by atoms with van der Waals surface area (Å²) >= 11 is 0. The van der Waals surface area contributed by atoms with E-state index in [0.717, 1.165) is 58.4 Å². The largest absolute Gasteiger partial charge is 0.384 e. The molecule has 1 aromatic carbocycles. The molecule has 5 heteroatoms. The highest BCUT2D eigenvalue weighted by atomic mass is 16.5. The smallest absolute Gasteiger partial charge is 0.228 e. The molecule has 3 rings (SSSR count). The lowest BCUT2D eigenvalue weighted by atomic mass is 9.78. The molecule has 2 aliphatic rings. The van der Waals surface area contributed by atoms with Crippen LogP contribution in [0, 0.1) is 5.41 Å². The Bertz CT molecular complexity index is 550. The number of amides is 1. The molecular formula is C19H29N3O2. The number of fused-ring (bicyclic) bond motifs is 1. The normalized spacial score (nSPS) is 19.1. The summed E-state index contributed by atoms with van der Waals surface area (Å²) in [7, 11) is 1.68. The fraction of sp³-hybridized carbons (Fsp3) is 0.632. The number of anilines is 1. The second kappa shape index (κ2) is 7.99. The van der Waals surface area contributed by atoms with Crippen LogP contribution in [0.2, 0.25) is 0 Å². The van der Waals surface area contributed by atoms with Gasteiger partial charge in [-0.1, -0.05) is 18.2 Å². The minimum absolute atomic E-state index is 0.160.